The Morgan fingerprint density at radius 2 is 1.82 bits per heavy atom. The van der Waals surface area contributed by atoms with E-state index in [9.17, 15) is 0 Å². The van der Waals surface area contributed by atoms with E-state index < -0.39 is 0 Å². The number of piperidine rings is 1. The van der Waals surface area contributed by atoms with Gasteiger partial charge in [-0.15, -0.1) is 0 Å². The molecule has 2 unspecified atom stereocenters. The van der Waals surface area contributed by atoms with Gasteiger partial charge in [-0.05, 0) is 49.7 Å². The lowest BCUT2D eigenvalue weighted by molar-refractivity contribution is 0.0496. The molecule has 5 heteroatoms. The van der Waals surface area contributed by atoms with Gasteiger partial charge in [-0.2, -0.15) is 0 Å². The summed E-state index contributed by atoms with van der Waals surface area (Å²) in [7, 11) is 0. The third kappa shape index (κ3) is 3.31. The number of likely N-dealkylation sites (tertiary alicyclic amines) is 1. The van der Waals surface area contributed by atoms with E-state index in [4.69, 9.17) is 16.4 Å². The third-order valence-corrected chi connectivity index (χ3v) is 6.20. The van der Waals surface area contributed by atoms with Crippen LogP contribution in [0.2, 0.25) is 5.02 Å². The summed E-state index contributed by atoms with van der Waals surface area (Å²) in [5.41, 5.74) is 4.44. The summed E-state index contributed by atoms with van der Waals surface area (Å²) >= 11 is 6.10. The summed E-state index contributed by atoms with van der Waals surface area (Å²) < 4.78 is 0. The van der Waals surface area contributed by atoms with Crippen LogP contribution in [-0.4, -0.2) is 35.2 Å². The SMILES string of the molecule is Clc1ccc(C2=NOC(c3c[nH]c4ccccc34)C2CN2CCCCC2)cc1. The summed E-state index contributed by atoms with van der Waals surface area (Å²) in [5, 5.41) is 6.51. The van der Waals surface area contributed by atoms with Gasteiger partial charge >= 0.3 is 0 Å². The van der Waals surface area contributed by atoms with Gasteiger partial charge in [-0.1, -0.05) is 53.5 Å². The Morgan fingerprint density at radius 3 is 2.64 bits per heavy atom. The zero-order chi connectivity index (χ0) is 18.9. The van der Waals surface area contributed by atoms with Crippen molar-refractivity contribution in [1.29, 1.82) is 0 Å². The van der Waals surface area contributed by atoms with Crippen LogP contribution in [-0.2, 0) is 4.84 Å². The number of nitrogens with one attached hydrogen (secondary N) is 1. The number of rotatable bonds is 4. The number of H-pyrrole nitrogens is 1. The molecule has 3 heterocycles. The second kappa shape index (κ2) is 7.61. The van der Waals surface area contributed by atoms with E-state index in [1.54, 1.807) is 0 Å². The molecule has 0 bridgehead atoms. The molecule has 1 aromatic heterocycles. The maximum absolute atomic E-state index is 6.10. The molecule has 1 N–H and O–H groups in total. The largest absolute Gasteiger partial charge is 0.386 e. The number of aromatic amines is 1. The Hall–Kier alpha value is -2.30. The highest BCUT2D eigenvalue weighted by atomic mass is 35.5. The normalized spacial score (nSPS) is 23.0. The lowest BCUT2D eigenvalue weighted by Gasteiger charge is -2.30. The van der Waals surface area contributed by atoms with E-state index in [0.29, 0.717) is 0 Å². The van der Waals surface area contributed by atoms with Gasteiger partial charge < -0.3 is 14.7 Å². The van der Waals surface area contributed by atoms with Crippen LogP contribution in [0.4, 0.5) is 0 Å². The van der Waals surface area contributed by atoms with E-state index >= 15 is 0 Å². The van der Waals surface area contributed by atoms with Crippen LogP contribution in [0.15, 0.2) is 59.9 Å². The number of aromatic nitrogens is 1. The number of hydrogen-bond acceptors (Lipinski definition) is 3. The van der Waals surface area contributed by atoms with Crippen LogP contribution in [0.3, 0.4) is 0 Å². The van der Waals surface area contributed by atoms with E-state index in [2.05, 4.69) is 45.5 Å². The Labute approximate surface area is 170 Å². The Morgan fingerprint density at radius 1 is 1.04 bits per heavy atom. The minimum absolute atomic E-state index is 0.0799. The number of nitrogens with zero attached hydrogens (tertiary/aromatic N) is 2. The van der Waals surface area contributed by atoms with Gasteiger partial charge in [0.25, 0.3) is 0 Å². The minimum Gasteiger partial charge on any atom is -0.386 e. The summed E-state index contributed by atoms with van der Waals surface area (Å²) in [4.78, 5) is 12.0. The first-order chi connectivity index (χ1) is 13.8. The summed E-state index contributed by atoms with van der Waals surface area (Å²) in [6.07, 6.45) is 5.89. The molecule has 1 saturated heterocycles. The molecule has 2 aliphatic heterocycles. The number of halogens is 1. The summed E-state index contributed by atoms with van der Waals surface area (Å²) in [5.74, 6) is 0.193. The molecule has 0 amide bonds. The first-order valence-corrected chi connectivity index (χ1v) is 10.5. The van der Waals surface area contributed by atoms with Crippen molar-refractivity contribution in [2.75, 3.05) is 19.6 Å². The standard InChI is InChI=1S/C23H24ClN3O/c24-17-10-8-16(9-11-17)22-20(15-27-12-4-1-5-13-27)23(28-26-22)19-14-25-21-7-3-2-6-18(19)21/h2-3,6-11,14,20,23,25H,1,4-5,12-13,15H2. The average molecular weight is 394 g/mol. The molecule has 0 radical (unpaired) electrons. The molecule has 0 aliphatic carbocycles. The fraction of sp³-hybridized carbons (Fsp3) is 0.348. The van der Waals surface area contributed by atoms with Crippen molar-refractivity contribution < 1.29 is 4.84 Å². The van der Waals surface area contributed by atoms with Gasteiger partial charge in [0.2, 0.25) is 0 Å². The molecule has 3 aromatic rings. The first-order valence-electron chi connectivity index (χ1n) is 10.1. The monoisotopic (exact) mass is 393 g/mol. The van der Waals surface area contributed by atoms with Crippen LogP contribution in [0.5, 0.6) is 0 Å². The fourth-order valence-electron chi connectivity index (χ4n) is 4.49. The van der Waals surface area contributed by atoms with Crippen molar-refractivity contribution >= 4 is 28.2 Å². The lowest BCUT2D eigenvalue weighted by atomic mass is 9.87. The lowest BCUT2D eigenvalue weighted by Crippen LogP contribution is -2.38. The fourth-order valence-corrected chi connectivity index (χ4v) is 4.62. The molecule has 1 fully saturated rings. The zero-order valence-corrected chi connectivity index (χ0v) is 16.5. The van der Waals surface area contributed by atoms with Gasteiger partial charge in [0, 0.05) is 34.2 Å². The molecule has 2 atom stereocenters. The summed E-state index contributed by atoms with van der Waals surface area (Å²) in [6.45, 7) is 3.28. The molecule has 5 rings (SSSR count). The van der Waals surface area contributed by atoms with Crippen LogP contribution >= 0.6 is 11.6 Å². The number of oxime groups is 1. The minimum atomic E-state index is -0.0799. The smallest absolute Gasteiger partial charge is 0.164 e. The highest BCUT2D eigenvalue weighted by Crippen LogP contribution is 2.39. The van der Waals surface area contributed by atoms with Crippen molar-refractivity contribution in [2.45, 2.75) is 25.4 Å². The van der Waals surface area contributed by atoms with E-state index in [1.165, 1.54) is 30.2 Å². The van der Waals surface area contributed by atoms with E-state index in [1.807, 2.05) is 24.3 Å². The molecule has 0 saturated carbocycles. The number of fused-ring (bicyclic) bond motifs is 1. The zero-order valence-electron chi connectivity index (χ0n) is 15.8. The van der Waals surface area contributed by atoms with Crippen LogP contribution in [0.1, 0.15) is 36.5 Å². The topological polar surface area (TPSA) is 40.6 Å². The maximum Gasteiger partial charge on any atom is 0.164 e. The molecule has 28 heavy (non-hydrogen) atoms. The highest BCUT2D eigenvalue weighted by molar-refractivity contribution is 6.30. The first kappa shape index (κ1) is 17.8. The quantitative estimate of drug-likeness (QED) is 0.644. The van der Waals surface area contributed by atoms with Crippen molar-refractivity contribution in [1.82, 2.24) is 9.88 Å². The maximum atomic E-state index is 6.10. The number of benzene rings is 2. The van der Waals surface area contributed by atoms with Gasteiger partial charge in [-0.25, -0.2) is 0 Å². The molecule has 2 aromatic carbocycles. The number of para-hydroxylation sites is 1. The number of hydrogen-bond donors (Lipinski definition) is 1. The predicted octanol–water partition coefficient (Wildman–Crippen LogP) is 5.40. The predicted molar refractivity (Wildman–Crippen MR) is 114 cm³/mol. The van der Waals surface area contributed by atoms with E-state index in [0.717, 1.165) is 41.4 Å². The van der Waals surface area contributed by atoms with Crippen LogP contribution in [0.25, 0.3) is 10.9 Å². The third-order valence-electron chi connectivity index (χ3n) is 5.95. The van der Waals surface area contributed by atoms with Crippen LogP contribution in [0, 0.1) is 5.92 Å². The molecule has 0 spiro atoms. The highest BCUT2D eigenvalue weighted by Gasteiger charge is 2.38. The summed E-state index contributed by atoms with van der Waals surface area (Å²) in [6, 6.07) is 16.3. The van der Waals surface area contributed by atoms with Crippen LogP contribution < -0.4 is 0 Å². The Balaban J connectivity index is 1.50. The second-order valence-electron chi connectivity index (χ2n) is 7.77. The van der Waals surface area contributed by atoms with Gasteiger partial charge in [0.1, 0.15) is 0 Å². The molecule has 4 nitrogen and oxygen atoms in total. The van der Waals surface area contributed by atoms with Gasteiger partial charge in [0.05, 0.1) is 11.6 Å². The van der Waals surface area contributed by atoms with Crippen molar-refractivity contribution in [3.05, 3.63) is 70.9 Å². The van der Waals surface area contributed by atoms with Crippen molar-refractivity contribution in [3.63, 3.8) is 0 Å². The van der Waals surface area contributed by atoms with Crippen molar-refractivity contribution in [2.24, 2.45) is 11.1 Å². The molecular weight excluding hydrogens is 370 g/mol. The van der Waals surface area contributed by atoms with Crippen molar-refractivity contribution in [3.8, 4) is 0 Å². The van der Waals surface area contributed by atoms with Gasteiger partial charge in [-0.3, -0.25) is 0 Å². The van der Waals surface area contributed by atoms with Gasteiger partial charge in [0.15, 0.2) is 6.10 Å². The molecule has 2 aliphatic rings. The molecule has 144 valence electrons. The Kier molecular flexibility index (Phi) is 4.83. The van der Waals surface area contributed by atoms with E-state index in [-0.39, 0.29) is 12.0 Å². The Bertz CT molecular complexity index is 989. The molecular formula is C23H24ClN3O. The second-order valence-corrected chi connectivity index (χ2v) is 8.20. The average Bonchev–Trinajstić information content (AvgIpc) is 3.33.